The zero-order valence-electron chi connectivity index (χ0n) is 18.9. The number of morpholine rings is 1. The van der Waals surface area contributed by atoms with Crippen LogP contribution in [-0.4, -0.2) is 55.2 Å². The standard InChI is InChI=1S/C25H36N4O3/c30-23(27-22-3-1-18(2-4-22)17-29-7-9-32-10-8-29)5-6-26-24(31)28-25-14-19-11-20(15-25)13-21(12-19)16-25/h1-4,19-21H,5-17H2,(H,27,30)(H2,26,28,31). The number of amides is 3. The SMILES string of the molecule is O=C(CCNC(=O)NC12CC3CC(CC(C3)C1)C2)Nc1ccc(CN2CCOCC2)cc1. The van der Waals surface area contributed by atoms with Crippen molar-refractivity contribution in [3.63, 3.8) is 0 Å². The number of urea groups is 1. The molecule has 4 aliphatic carbocycles. The van der Waals surface area contributed by atoms with Crippen LogP contribution in [0, 0.1) is 17.8 Å². The summed E-state index contributed by atoms with van der Waals surface area (Å²) in [5.74, 6) is 2.31. The number of nitrogens with zero attached hydrogens (tertiary/aromatic N) is 1. The molecule has 7 heteroatoms. The first-order valence-corrected chi connectivity index (χ1v) is 12.3. The second-order valence-corrected chi connectivity index (χ2v) is 10.5. The Morgan fingerprint density at radius 2 is 1.59 bits per heavy atom. The number of carbonyl (C=O) groups excluding carboxylic acids is 2. The van der Waals surface area contributed by atoms with E-state index in [1.807, 2.05) is 12.1 Å². The van der Waals surface area contributed by atoms with E-state index in [2.05, 4.69) is 33.0 Å². The van der Waals surface area contributed by atoms with Crippen molar-refractivity contribution in [3.8, 4) is 0 Å². The van der Waals surface area contributed by atoms with Crippen LogP contribution in [0.5, 0.6) is 0 Å². The smallest absolute Gasteiger partial charge is 0.315 e. The van der Waals surface area contributed by atoms with Gasteiger partial charge in [0.05, 0.1) is 13.2 Å². The van der Waals surface area contributed by atoms with Crippen LogP contribution in [0.15, 0.2) is 24.3 Å². The Labute approximate surface area is 190 Å². The van der Waals surface area contributed by atoms with Crippen LogP contribution in [0.1, 0.15) is 50.5 Å². The quantitative estimate of drug-likeness (QED) is 0.608. The Morgan fingerprint density at radius 1 is 0.969 bits per heavy atom. The average Bonchev–Trinajstić information content (AvgIpc) is 2.74. The maximum absolute atomic E-state index is 12.5. The van der Waals surface area contributed by atoms with Gasteiger partial charge in [-0.1, -0.05) is 12.1 Å². The normalized spacial score (nSPS) is 31.3. The van der Waals surface area contributed by atoms with Crippen molar-refractivity contribution in [1.29, 1.82) is 0 Å². The number of nitrogens with one attached hydrogen (secondary N) is 3. The Kier molecular flexibility index (Phi) is 6.37. The van der Waals surface area contributed by atoms with Gasteiger partial charge in [-0.05, 0) is 74.0 Å². The van der Waals surface area contributed by atoms with Crippen LogP contribution in [0.4, 0.5) is 10.5 Å². The molecule has 0 radical (unpaired) electrons. The van der Waals surface area contributed by atoms with Gasteiger partial charge in [-0.25, -0.2) is 4.79 Å². The van der Waals surface area contributed by atoms with E-state index in [4.69, 9.17) is 4.74 Å². The van der Waals surface area contributed by atoms with E-state index in [1.54, 1.807) is 0 Å². The molecule has 3 N–H and O–H groups in total. The second-order valence-electron chi connectivity index (χ2n) is 10.5. The third-order valence-electron chi connectivity index (χ3n) is 7.80. The molecule has 1 aromatic rings. The van der Waals surface area contributed by atoms with E-state index in [1.165, 1.54) is 24.8 Å². The first kappa shape index (κ1) is 21.7. The van der Waals surface area contributed by atoms with Gasteiger partial charge >= 0.3 is 6.03 Å². The number of hydrogen-bond donors (Lipinski definition) is 3. The minimum absolute atomic E-state index is 0.00403. The number of benzene rings is 1. The number of carbonyl (C=O) groups is 2. The largest absolute Gasteiger partial charge is 0.379 e. The molecule has 0 spiro atoms. The molecular weight excluding hydrogens is 404 g/mol. The van der Waals surface area contributed by atoms with Crippen molar-refractivity contribution in [2.45, 2.75) is 57.0 Å². The van der Waals surface area contributed by atoms with E-state index >= 15 is 0 Å². The maximum Gasteiger partial charge on any atom is 0.315 e. The molecule has 1 aromatic carbocycles. The number of anilines is 1. The molecule has 4 saturated carbocycles. The van der Waals surface area contributed by atoms with Crippen molar-refractivity contribution in [2.24, 2.45) is 17.8 Å². The molecule has 6 rings (SSSR count). The molecule has 5 fully saturated rings. The van der Waals surface area contributed by atoms with E-state index in [0.717, 1.165) is 75.6 Å². The zero-order valence-corrected chi connectivity index (χ0v) is 18.9. The van der Waals surface area contributed by atoms with Crippen LogP contribution in [0.3, 0.4) is 0 Å². The highest BCUT2D eigenvalue weighted by molar-refractivity contribution is 5.91. The molecule has 5 aliphatic rings. The van der Waals surface area contributed by atoms with Crippen LogP contribution < -0.4 is 16.0 Å². The molecule has 4 bridgehead atoms. The molecule has 7 nitrogen and oxygen atoms in total. The summed E-state index contributed by atoms with van der Waals surface area (Å²) in [4.78, 5) is 27.2. The van der Waals surface area contributed by atoms with Gasteiger partial charge in [0, 0.05) is 43.8 Å². The average molecular weight is 441 g/mol. The van der Waals surface area contributed by atoms with Crippen molar-refractivity contribution in [3.05, 3.63) is 29.8 Å². The summed E-state index contributed by atoms with van der Waals surface area (Å²) in [6.07, 6.45) is 7.74. The summed E-state index contributed by atoms with van der Waals surface area (Å²) in [6.45, 7) is 4.76. The zero-order chi connectivity index (χ0) is 22.0. The van der Waals surface area contributed by atoms with E-state index in [-0.39, 0.29) is 23.9 Å². The number of hydrogen-bond acceptors (Lipinski definition) is 4. The first-order valence-electron chi connectivity index (χ1n) is 12.3. The predicted octanol–water partition coefficient (Wildman–Crippen LogP) is 3.12. The van der Waals surface area contributed by atoms with Crippen molar-refractivity contribution in [1.82, 2.24) is 15.5 Å². The lowest BCUT2D eigenvalue weighted by atomic mass is 9.53. The second kappa shape index (κ2) is 9.40. The summed E-state index contributed by atoms with van der Waals surface area (Å²) in [5, 5.41) is 9.13. The molecule has 0 unspecified atom stereocenters. The fourth-order valence-electron chi connectivity index (χ4n) is 6.77. The van der Waals surface area contributed by atoms with Crippen LogP contribution >= 0.6 is 0 Å². The summed E-state index contributed by atoms with van der Waals surface area (Å²) in [6, 6.07) is 7.89. The predicted molar refractivity (Wildman–Crippen MR) is 123 cm³/mol. The molecule has 0 atom stereocenters. The molecule has 1 heterocycles. The van der Waals surface area contributed by atoms with Gasteiger partial charge in [0.25, 0.3) is 0 Å². The van der Waals surface area contributed by atoms with E-state index in [0.29, 0.717) is 6.54 Å². The first-order chi connectivity index (χ1) is 15.6. The Bertz CT molecular complexity index is 784. The Hall–Kier alpha value is -2.12. The number of ether oxygens (including phenoxy) is 1. The molecule has 1 saturated heterocycles. The lowest BCUT2D eigenvalue weighted by Crippen LogP contribution is -2.61. The van der Waals surface area contributed by atoms with Crippen molar-refractivity contribution in [2.75, 3.05) is 38.2 Å². The van der Waals surface area contributed by atoms with Gasteiger partial charge in [0.1, 0.15) is 0 Å². The molecule has 3 amide bonds. The van der Waals surface area contributed by atoms with Crippen molar-refractivity contribution < 1.29 is 14.3 Å². The minimum Gasteiger partial charge on any atom is -0.379 e. The monoisotopic (exact) mass is 440 g/mol. The summed E-state index contributed by atoms with van der Waals surface area (Å²) in [5.41, 5.74) is 2.02. The van der Waals surface area contributed by atoms with E-state index in [9.17, 15) is 9.59 Å². The number of rotatable bonds is 7. The summed E-state index contributed by atoms with van der Waals surface area (Å²) < 4.78 is 5.39. The van der Waals surface area contributed by atoms with Gasteiger partial charge in [0.15, 0.2) is 0 Å². The van der Waals surface area contributed by atoms with Crippen LogP contribution in [-0.2, 0) is 16.1 Å². The highest BCUT2D eigenvalue weighted by Gasteiger charge is 2.51. The van der Waals surface area contributed by atoms with Crippen LogP contribution in [0.2, 0.25) is 0 Å². The van der Waals surface area contributed by atoms with Gasteiger partial charge in [0.2, 0.25) is 5.91 Å². The lowest BCUT2D eigenvalue weighted by molar-refractivity contribution is -0.116. The molecular formula is C25H36N4O3. The Balaban J connectivity index is 1.02. The third kappa shape index (κ3) is 5.26. The summed E-state index contributed by atoms with van der Waals surface area (Å²) >= 11 is 0. The van der Waals surface area contributed by atoms with Crippen LogP contribution in [0.25, 0.3) is 0 Å². The topological polar surface area (TPSA) is 82.7 Å². The molecule has 174 valence electrons. The molecule has 32 heavy (non-hydrogen) atoms. The highest BCUT2D eigenvalue weighted by Crippen LogP contribution is 2.55. The fraction of sp³-hybridized carbons (Fsp3) is 0.680. The molecule has 1 aliphatic heterocycles. The van der Waals surface area contributed by atoms with Gasteiger partial charge in [-0.15, -0.1) is 0 Å². The maximum atomic E-state index is 12.5. The van der Waals surface area contributed by atoms with Gasteiger partial charge in [-0.3, -0.25) is 9.69 Å². The summed E-state index contributed by atoms with van der Waals surface area (Å²) in [7, 11) is 0. The lowest BCUT2D eigenvalue weighted by Gasteiger charge is -2.56. The van der Waals surface area contributed by atoms with Gasteiger partial charge < -0.3 is 20.7 Å². The van der Waals surface area contributed by atoms with E-state index < -0.39 is 0 Å². The minimum atomic E-state index is -0.118. The third-order valence-corrected chi connectivity index (χ3v) is 7.80. The molecule has 0 aromatic heterocycles. The van der Waals surface area contributed by atoms with Gasteiger partial charge in [-0.2, -0.15) is 0 Å². The fourth-order valence-corrected chi connectivity index (χ4v) is 6.77. The van der Waals surface area contributed by atoms with Crippen molar-refractivity contribution >= 4 is 17.6 Å². The Morgan fingerprint density at radius 3 is 2.22 bits per heavy atom. The highest BCUT2D eigenvalue weighted by atomic mass is 16.5.